The van der Waals surface area contributed by atoms with E-state index in [1.807, 2.05) is 0 Å². The topological polar surface area (TPSA) is 78.9 Å². The van der Waals surface area contributed by atoms with E-state index in [0.717, 1.165) is 141 Å². The molecule has 0 spiro atoms. The standard InChI is InChI=1S/C75H130O6/c1-4-7-10-13-16-19-22-25-27-29-31-33-35-36-37-38-40-41-43-45-47-50-53-56-59-62-65-68-74(77)80-71-72(70-79-73(76)67-64-61-58-55-52-49-24-21-18-15-12-9-6-3)81-75(78)69-66-63-60-57-54-51-48-46-44-42-39-34-32-30-28-26-23-20-17-14-11-8-5-2/h8,11-12,15,17,20-21,24,26,28,32,34,42,44,48,51,72H,4-7,9-10,13-14,16,18-19,22-23,25,27,29-31,33,35-41,43,45-47,49-50,52-71H2,1-3H3/b11-8-,15-12-,20-17-,24-21-,28-26-,34-32-,44-42-,51-48-. The molecule has 1 unspecified atom stereocenters. The van der Waals surface area contributed by atoms with Crippen LogP contribution in [0.5, 0.6) is 0 Å². The summed E-state index contributed by atoms with van der Waals surface area (Å²) in [6, 6.07) is 0. The van der Waals surface area contributed by atoms with Crippen molar-refractivity contribution < 1.29 is 28.6 Å². The highest BCUT2D eigenvalue weighted by Gasteiger charge is 2.19. The van der Waals surface area contributed by atoms with Gasteiger partial charge in [0.25, 0.3) is 0 Å². The highest BCUT2D eigenvalue weighted by molar-refractivity contribution is 5.71. The Morgan fingerprint density at radius 3 is 0.802 bits per heavy atom. The monoisotopic (exact) mass is 1130 g/mol. The van der Waals surface area contributed by atoms with Crippen LogP contribution in [0, 0.1) is 0 Å². The van der Waals surface area contributed by atoms with Gasteiger partial charge in [-0.05, 0) is 96.3 Å². The van der Waals surface area contributed by atoms with Crippen LogP contribution >= 0.6 is 0 Å². The summed E-state index contributed by atoms with van der Waals surface area (Å²) < 4.78 is 16.9. The lowest BCUT2D eigenvalue weighted by atomic mass is 10.0. The molecule has 81 heavy (non-hydrogen) atoms. The number of carbonyl (C=O) groups excluding carboxylic acids is 3. The van der Waals surface area contributed by atoms with Gasteiger partial charge < -0.3 is 14.2 Å². The number of carbonyl (C=O) groups is 3. The lowest BCUT2D eigenvalue weighted by Crippen LogP contribution is -2.30. The zero-order chi connectivity index (χ0) is 58.5. The Bertz CT molecular complexity index is 1580. The number of hydrogen-bond acceptors (Lipinski definition) is 6. The predicted molar refractivity (Wildman–Crippen MR) is 353 cm³/mol. The first kappa shape index (κ1) is 77.3. The van der Waals surface area contributed by atoms with Crippen LogP contribution in [0.1, 0.15) is 342 Å². The van der Waals surface area contributed by atoms with E-state index in [1.54, 1.807) is 0 Å². The molecule has 0 N–H and O–H groups in total. The number of unbranched alkanes of at least 4 members (excludes halogenated alkanes) is 36. The van der Waals surface area contributed by atoms with Crippen LogP contribution < -0.4 is 0 Å². The van der Waals surface area contributed by atoms with E-state index in [9.17, 15) is 14.4 Å². The Kier molecular flexibility index (Phi) is 65.7. The first-order chi connectivity index (χ1) is 40.0. The van der Waals surface area contributed by atoms with Gasteiger partial charge in [0.2, 0.25) is 0 Å². The molecule has 0 heterocycles. The van der Waals surface area contributed by atoms with Crippen LogP contribution in [-0.4, -0.2) is 37.2 Å². The van der Waals surface area contributed by atoms with Crippen molar-refractivity contribution in [3.8, 4) is 0 Å². The summed E-state index contributed by atoms with van der Waals surface area (Å²) in [6.07, 6.45) is 93.0. The smallest absolute Gasteiger partial charge is 0.306 e. The van der Waals surface area contributed by atoms with E-state index in [2.05, 4.69) is 118 Å². The van der Waals surface area contributed by atoms with Gasteiger partial charge in [-0.25, -0.2) is 0 Å². The number of rotatable bonds is 63. The largest absolute Gasteiger partial charge is 0.462 e. The second-order valence-electron chi connectivity index (χ2n) is 23.1. The van der Waals surface area contributed by atoms with Crippen LogP contribution in [0.15, 0.2) is 97.2 Å². The molecule has 0 radical (unpaired) electrons. The van der Waals surface area contributed by atoms with Crippen LogP contribution in [0.25, 0.3) is 0 Å². The van der Waals surface area contributed by atoms with Crippen molar-refractivity contribution in [2.45, 2.75) is 348 Å². The van der Waals surface area contributed by atoms with Crippen molar-refractivity contribution in [2.75, 3.05) is 13.2 Å². The van der Waals surface area contributed by atoms with Gasteiger partial charge in [0, 0.05) is 19.3 Å². The molecule has 0 bridgehead atoms. The predicted octanol–water partition coefficient (Wildman–Crippen LogP) is 24.0. The van der Waals surface area contributed by atoms with E-state index in [4.69, 9.17) is 14.2 Å². The zero-order valence-electron chi connectivity index (χ0n) is 53.5. The normalized spacial score (nSPS) is 12.7. The van der Waals surface area contributed by atoms with E-state index < -0.39 is 6.10 Å². The van der Waals surface area contributed by atoms with Crippen LogP contribution in [0.2, 0.25) is 0 Å². The molecule has 0 aromatic carbocycles. The maximum absolute atomic E-state index is 12.9. The molecule has 466 valence electrons. The fraction of sp³-hybridized carbons (Fsp3) is 0.747. The second kappa shape index (κ2) is 68.8. The van der Waals surface area contributed by atoms with Gasteiger partial charge in [-0.3, -0.25) is 14.4 Å². The molecular formula is C75H130O6. The van der Waals surface area contributed by atoms with E-state index in [0.29, 0.717) is 19.3 Å². The van der Waals surface area contributed by atoms with Crippen molar-refractivity contribution in [2.24, 2.45) is 0 Å². The summed E-state index contributed by atoms with van der Waals surface area (Å²) in [7, 11) is 0. The minimum Gasteiger partial charge on any atom is -0.462 e. The van der Waals surface area contributed by atoms with E-state index in [1.165, 1.54) is 161 Å². The maximum Gasteiger partial charge on any atom is 0.306 e. The molecule has 6 heteroatoms. The van der Waals surface area contributed by atoms with Gasteiger partial charge in [0.15, 0.2) is 6.10 Å². The summed E-state index contributed by atoms with van der Waals surface area (Å²) >= 11 is 0. The number of allylic oxidation sites excluding steroid dienone is 16. The third-order valence-electron chi connectivity index (χ3n) is 15.1. The molecular weight excluding hydrogens is 997 g/mol. The number of ether oxygens (including phenoxy) is 3. The van der Waals surface area contributed by atoms with Gasteiger partial charge in [-0.15, -0.1) is 0 Å². The van der Waals surface area contributed by atoms with Gasteiger partial charge in [0.1, 0.15) is 13.2 Å². The molecule has 0 aliphatic heterocycles. The fourth-order valence-corrected chi connectivity index (χ4v) is 9.90. The van der Waals surface area contributed by atoms with Crippen molar-refractivity contribution in [1.82, 2.24) is 0 Å². The quantitative estimate of drug-likeness (QED) is 0.0261. The summed E-state index contributed by atoms with van der Waals surface area (Å²) in [5.41, 5.74) is 0. The number of esters is 3. The molecule has 0 amide bonds. The van der Waals surface area contributed by atoms with E-state index >= 15 is 0 Å². The van der Waals surface area contributed by atoms with Gasteiger partial charge in [-0.2, -0.15) is 0 Å². The molecule has 0 fully saturated rings. The Balaban J connectivity index is 4.31. The van der Waals surface area contributed by atoms with Gasteiger partial charge in [-0.1, -0.05) is 323 Å². The van der Waals surface area contributed by atoms with Crippen LogP contribution in [0.3, 0.4) is 0 Å². The first-order valence-electron chi connectivity index (χ1n) is 34.7. The molecule has 0 aliphatic carbocycles. The second-order valence-corrected chi connectivity index (χ2v) is 23.1. The Morgan fingerprint density at radius 1 is 0.259 bits per heavy atom. The zero-order valence-corrected chi connectivity index (χ0v) is 53.5. The Labute approximate surface area is 502 Å². The molecule has 0 saturated carbocycles. The van der Waals surface area contributed by atoms with Crippen LogP contribution in [-0.2, 0) is 28.6 Å². The first-order valence-corrected chi connectivity index (χ1v) is 34.7. The maximum atomic E-state index is 12.9. The molecule has 0 rings (SSSR count). The molecule has 0 saturated heterocycles. The van der Waals surface area contributed by atoms with Crippen molar-refractivity contribution in [3.05, 3.63) is 97.2 Å². The SMILES string of the molecule is CC/C=C\C/C=C\C/C=C\C/C=C\C/C=C\C/C=C\CCCCCCC(=O)OC(COC(=O)CCCCCCC/C=C\C/C=C\CCC)COC(=O)CCCCCCCCCCCCCCCCCCCCCCCCCCCCC. The highest BCUT2D eigenvalue weighted by Crippen LogP contribution is 2.18. The van der Waals surface area contributed by atoms with Gasteiger partial charge >= 0.3 is 17.9 Å². The minimum absolute atomic E-state index is 0.0905. The summed E-state index contributed by atoms with van der Waals surface area (Å²) in [6.45, 7) is 6.47. The third-order valence-corrected chi connectivity index (χ3v) is 15.1. The van der Waals surface area contributed by atoms with Crippen molar-refractivity contribution >= 4 is 17.9 Å². The Hall–Kier alpha value is -3.67. The molecule has 0 aliphatic rings. The van der Waals surface area contributed by atoms with Gasteiger partial charge in [0.05, 0.1) is 0 Å². The third kappa shape index (κ3) is 67.0. The molecule has 6 nitrogen and oxygen atoms in total. The lowest BCUT2D eigenvalue weighted by molar-refractivity contribution is -0.167. The highest BCUT2D eigenvalue weighted by atomic mass is 16.6. The lowest BCUT2D eigenvalue weighted by Gasteiger charge is -2.18. The molecule has 1 atom stereocenters. The molecule has 0 aromatic heterocycles. The summed E-state index contributed by atoms with van der Waals surface area (Å²) in [5, 5.41) is 0. The summed E-state index contributed by atoms with van der Waals surface area (Å²) in [5.74, 6) is -0.917. The fourth-order valence-electron chi connectivity index (χ4n) is 9.90. The van der Waals surface area contributed by atoms with Crippen LogP contribution in [0.4, 0.5) is 0 Å². The Morgan fingerprint density at radius 2 is 0.506 bits per heavy atom. The van der Waals surface area contributed by atoms with Crippen molar-refractivity contribution in [3.63, 3.8) is 0 Å². The van der Waals surface area contributed by atoms with Crippen molar-refractivity contribution in [1.29, 1.82) is 0 Å². The molecule has 0 aromatic rings. The summed E-state index contributed by atoms with van der Waals surface area (Å²) in [4.78, 5) is 38.4. The van der Waals surface area contributed by atoms with E-state index in [-0.39, 0.29) is 31.1 Å². The average Bonchev–Trinajstić information content (AvgIpc) is 3.46. The minimum atomic E-state index is -0.799. The average molecular weight is 1130 g/mol. The number of hydrogen-bond donors (Lipinski definition) is 0.